The minimum atomic E-state index is -0.409. The molecule has 1 aromatic heterocycles. The molecule has 118 valence electrons. The number of rotatable bonds is 2. The molecule has 0 aliphatic carbocycles. The highest BCUT2D eigenvalue weighted by atomic mass is 16.2. The first-order valence-corrected chi connectivity index (χ1v) is 8.00. The van der Waals surface area contributed by atoms with E-state index in [0.29, 0.717) is 13.0 Å². The van der Waals surface area contributed by atoms with Crippen molar-refractivity contribution in [1.29, 1.82) is 0 Å². The lowest BCUT2D eigenvalue weighted by Crippen LogP contribution is -2.50. The molecule has 3 rings (SSSR count). The zero-order chi connectivity index (χ0) is 15.4. The second-order valence-corrected chi connectivity index (χ2v) is 5.92. The van der Waals surface area contributed by atoms with Gasteiger partial charge in [-0.1, -0.05) is 0 Å². The number of nitrogens with zero attached hydrogens (tertiary/aromatic N) is 2. The topological polar surface area (TPSA) is 74.3 Å². The molecule has 1 aromatic rings. The van der Waals surface area contributed by atoms with Crippen LogP contribution in [0.25, 0.3) is 0 Å². The van der Waals surface area contributed by atoms with Crippen LogP contribution in [0, 0.1) is 0 Å². The fraction of sp³-hybridized carbons (Fsp3) is 0.562. The van der Waals surface area contributed by atoms with Crippen LogP contribution in [0.2, 0.25) is 0 Å². The van der Waals surface area contributed by atoms with Crippen molar-refractivity contribution in [3.63, 3.8) is 0 Å². The molecule has 2 aliphatic heterocycles. The van der Waals surface area contributed by atoms with E-state index in [4.69, 9.17) is 0 Å². The van der Waals surface area contributed by atoms with E-state index in [1.54, 1.807) is 12.4 Å². The number of nitrogens with one attached hydrogen (secondary N) is 2. The monoisotopic (exact) mass is 302 g/mol. The first-order valence-electron chi connectivity index (χ1n) is 8.00. The minimum absolute atomic E-state index is 0.0643. The highest BCUT2D eigenvalue weighted by Crippen LogP contribution is 2.31. The summed E-state index contributed by atoms with van der Waals surface area (Å²) in [6.45, 7) is 1.43. The van der Waals surface area contributed by atoms with Crippen LogP contribution in [0.5, 0.6) is 0 Å². The highest BCUT2D eigenvalue weighted by Gasteiger charge is 2.32. The van der Waals surface area contributed by atoms with Crippen LogP contribution >= 0.6 is 0 Å². The summed E-state index contributed by atoms with van der Waals surface area (Å²) >= 11 is 0. The van der Waals surface area contributed by atoms with Crippen molar-refractivity contribution in [2.24, 2.45) is 0 Å². The van der Waals surface area contributed by atoms with E-state index < -0.39 is 6.04 Å². The van der Waals surface area contributed by atoms with Crippen LogP contribution in [0.4, 0.5) is 4.79 Å². The van der Waals surface area contributed by atoms with Crippen molar-refractivity contribution in [1.82, 2.24) is 20.5 Å². The predicted octanol–water partition coefficient (Wildman–Crippen LogP) is 1.60. The van der Waals surface area contributed by atoms with E-state index in [2.05, 4.69) is 15.6 Å². The van der Waals surface area contributed by atoms with E-state index >= 15 is 0 Å². The second kappa shape index (κ2) is 6.77. The lowest BCUT2D eigenvalue weighted by molar-refractivity contribution is -0.122. The number of amides is 3. The smallest absolute Gasteiger partial charge is 0.318 e. The zero-order valence-electron chi connectivity index (χ0n) is 12.6. The third kappa shape index (κ3) is 3.21. The number of carbonyl (C=O) groups excluding carboxylic acids is 2. The van der Waals surface area contributed by atoms with Gasteiger partial charge in [0.25, 0.3) is 0 Å². The van der Waals surface area contributed by atoms with Crippen LogP contribution in [0.15, 0.2) is 24.5 Å². The molecule has 0 saturated carbocycles. The van der Waals surface area contributed by atoms with Crippen molar-refractivity contribution in [3.05, 3.63) is 30.1 Å². The Balaban J connectivity index is 1.67. The van der Waals surface area contributed by atoms with Gasteiger partial charge in [-0.3, -0.25) is 9.78 Å². The largest absolute Gasteiger partial charge is 0.354 e. The molecule has 2 N–H and O–H groups in total. The Kier molecular flexibility index (Phi) is 4.56. The van der Waals surface area contributed by atoms with Gasteiger partial charge in [0, 0.05) is 25.5 Å². The van der Waals surface area contributed by atoms with Gasteiger partial charge in [-0.25, -0.2) is 4.79 Å². The first-order chi connectivity index (χ1) is 10.8. The summed E-state index contributed by atoms with van der Waals surface area (Å²) in [5, 5.41) is 5.76. The average molecular weight is 302 g/mol. The fourth-order valence-electron chi connectivity index (χ4n) is 3.25. The van der Waals surface area contributed by atoms with Gasteiger partial charge in [-0.2, -0.15) is 0 Å². The maximum atomic E-state index is 12.6. The van der Waals surface area contributed by atoms with E-state index in [1.165, 1.54) is 0 Å². The van der Waals surface area contributed by atoms with E-state index in [-0.39, 0.29) is 18.0 Å². The standard InChI is InChI=1S/C16H22N4O2/c21-15-13(4-1-2-8-18-15)19-16(22)20-11-3-5-14(20)12-6-9-17-10-7-12/h6-7,9-10,13-14H,1-5,8,11H2,(H,18,21)(H,19,22)/t13-,14-/m0/s1. The van der Waals surface area contributed by atoms with Crippen molar-refractivity contribution in [2.45, 2.75) is 44.2 Å². The summed E-state index contributed by atoms with van der Waals surface area (Å²) in [4.78, 5) is 30.4. The quantitative estimate of drug-likeness (QED) is 0.871. The van der Waals surface area contributed by atoms with Crippen LogP contribution in [0.1, 0.15) is 43.7 Å². The van der Waals surface area contributed by atoms with Gasteiger partial charge < -0.3 is 15.5 Å². The molecule has 2 aliphatic rings. The summed E-state index contributed by atoms with van der Waals surface area (Å²) < 4.78 is 0. The number of carbonyl (C=O) groups is 2. The van der Waals surface area contributed by atoms with Crippen molar-refractivity contribution in [2.75, 3.05) is 13.1 Å². The fourth-order valence-corrected chi connectivity index (χ4v) is 3.25. The summed E-state index contributed by atoms with van der Waals surface area (Å²) in [7, 11) is 0. The molecule has 2 saturated heterocycles. The van der Waals surface area contributed by atoms with E-state index in [0.717, 1.165) is 37.8 Å². The van der Waals surface area contributed by atoms with Gasteiger partial charge in [-0.15, -0.1) is 0 Å². The van der Waals surface area contributed by atoms with Crippen molar-refractivity contribution in [3.8, 4) is 0 Å². The zero-order valence-corrected chi connectivity index (χ0v) is 12.6. The van der Waals surface area contributed by atoms with Gasteiger partial charge in [0.05, 0.1) is 6.04 Å². The number of hydrogen-bond acceptors (Lipinski definition) is 3. The van der Waals surface area contributed by atoms with Crippen LogP contribution < -0.4 is 10.6 Å². The molecule has 0 unspecified atom stereocenters. The Morgan fingerprint density at radius 3 is 2.86 bits per heavy atom. The predicted molar refractivity (Wildman–Crippen MR) is 82.1 cm³/mol. The normalized spacial score (nSPS) is 25.5. The molecule has 6 nitrogen and oxygen atoms in total. The second-order valence-electron chi connectivity index (χ2n) is 5.92. The number of pyridine rings is 1. The number of aromatic nitrogens is 1. The molecule has 2 fully saturated rings. The molecule has 22 heavy (non-hydrogen) atoms. The molecule has 2 atom stereocenters. The molecular weight excluding hydrogens is 280 g/mol. The molecular formula is C16H22N4O2. The number of likely N-dealkylation sites (tertiary alicyclic amines) is 1. The van der Waals surface area contributed by atoms with E-state index in [9.17, 15) is 9.59 Å². The Morgan fingerprint density at radius 1 is 1.23 bits per heavy atom. The Morgan fingerprint density at radius 2 is 2.05 bits per heavy atom. The van der Waals surface area contributed by atoms with Crippen LogP contribution in [-0.4, -0.2) is 41.0 Å². The first kappa shape index (κ1) is 14.8. The average Bonchev–Trinajstić information content (AvgIpc) is 2.95. The molecule has 0 aromatic carbocycles. The van der Waals surface area contributed by atoms with Gasteiger partial charge in [0.1, 0.15) is 6.04 Å². The molecule has 0 bridgehead atoms. The highest BCUT2D eigenvalue weighted by molar-refractivity contribution is 5.87. The van der Waals surface area contributed by atoms with Gasteiger partial charge in [-0.05, 0) is 49.8 Å². The lowest BCUT2D eigenvalue weighted by Gasteiger charge is -2.27. The van der Waals surface area contributed by atoms with Gasteiger partial charge in [0.15, 0.2) is 0 Å². The van der Waals surface area contributed by atoms with Gasteiger partial charge in [0.2, 0.25) is 5.91 Å². The Bertz CT molecular complexity index is 534. The maximum absolute atomic E-state index is 12.6. The summed E-state index contributed by atoms with van der Waals surface area (Å²) in [6, 6.07) is 3.44. The lowest BCUT2D eigenvalue weighted by atomic mass is 10.1. The minimum Gasteiger partial charge on any atom is -0.354 e. The molecule has 3 amide bonds. The van der Waals surface area contributed by atoms with Crippen LogP contribution in [0.3, 0.4) is 0 Å². The van der Waals surface area contributed by atoms with Crippen molar-refractivity contribution < 1.29 is 9.59 Å². The molecule has 3 heterocycles. The molecule has 6 heteroatoms. The summed E-state index contributed by atoms with van der Waals surface area (Å²) in [5.41, 5.74) is 1.10. The van der Waals surface area contributed by atoms with E-state index in [1.807, 2.05) is 17.0 Å². The van der Waals surface area contributed by atoms with Crippen LogP contribution in [-0.2, 0) is 4.79 Å². The Hall–Kier alpha value is -2.11. The molecule has 0 spiro atoms. The number of hydrogen-bond donors (Lipinski definition) is 2. The van der Waals surface area contributed by atoms with Gasteiger partial charge >= 0.3 is 6.03 Å². The maximum Gasteiger partial charge on any atom is 0.318 e. The SMILES string of the molecule is O=C1NCCCC[C@@H]1NC(=O)N1CCC[C@H]1c1ccncc1. The number of urea groups is 1. The molecule has 0 radical (unpaired) electrons. The summed E-state index contributed by atoms with van der Waals surface area (Å²) in [5.74, 6) is -0.0643. The third-order valence-electron chi connectivity index (χ3n) is 4.44. The third-order valence-corrected chi connectivity index (χ3v) is 4.44. The Labute approximate surface area is 130 Å². The van der Waals surface area contributed by atoms with Crippen molar-refractivity contribution >= 4 is 11.9 Å². The summed E-state index contributed by atoms with van der Waals surface area (Å²) in [6.07, 6.45) is 8.08.